The molecule has 0 heterocycles. The lowest BCUT2D eigenvalue weighted by atomic mass is 9.93. The lowest BCUT2D eigenvalue weighted by molar-refractivity contribution is -0.0340. The standard InChI is InChI=1S/C19H25O8P2/c1-23-14-19(13-20,15-24-28(21)26-17-9-5-3-6-10-17)16-25-29(2,22)27-18-11-7-4-8-12-18/h3-12,20H,13-16H2,1-2H3/q+1. The molecule has 2 aromatic rings. The minimum atomic E-state index is -3.48. The fourth-order valence-electron chi connectivity index (χ4n) is 2.30. The minimum absolute atomic E-state index is 0.0172. The molecule has 10 heteroatoms. The van der Waals surface area contributed by atoms with Gasteiger partial charge in [0.05, 0.1) is 25.2 Å². The van der Waals surface area contributed by atoms with Gasteiger partial charge in [-0.1, -0.05) is 36.4 Å². The molecule has 1 N–H and O–H groups in total. The van der Waals surface area contributed by atoms with E-state index in [1.54, 1.807) is 60.7 Å². The molecule has 0 aliphatic rings. The number of para-hydroxylation sites is 2. The summed E-state index contributed by atoms with van der Waals surface area (Å²) in [6.07, 6.45) is 0. The van der Waals surface area contributed by atoms with Crippen LogP contribution >= 0.6 is 15.9 Å². The Balaban J connectivity index is 1.95. The van der Waals surface area contributed by atoms with Crippen LogP contribution in [-0.2, 0) is 22.9 Å². The van der Waals surface area contributed by atoms with E-state index in [1.165, 1.54) is 13.8 Å². The van der Waals surface area contributed by atoms with Crippen LogP contribution in [-0.4, -0.2) is 45.3 Å². The van der Waals surface area contributed by atoms with Crippen LogP contribution < -0.4 is 9.05 Å². The quantitative estimate of drug-likeness (QED) is 0.458. The molecule has 2 rings (SSSR count). The van der Waals surface area contributed by atoms with E-state index in [0.717, 1.165) is 0 Å². The van der Waals surface area contributed by atoms with Crippen LogP contribution in [0.25, 0.3) is 0 Å². The van der Waals surface area contributed by atoms with Gasteiger partial charge in [0.25, 0.3) is 0 Å². The van der Waals surface area contributed by atoms with E-state index in [0.29, 0.717) is 11.5 Å². The summed E-state index contributed by atoms with van der Waals surface area (Å²) in [5, 5.41) is 9.89. The summed E-state index contributed by atoms with van der Waals surface area (Å²) in [5.74, 6) is 0.788. The zero-order valence-corrected chi connectivity index (χ0v) is 18.1. The monoisotopic (exact) mass is 443 g/mol. The highest BCUT2D eigenvalue weighted by molar-refractivity contribution is 7.53. The summed E-state index contributed by atoms with van der Waals surface area (Å²) < 4.78 is 51.2. The molecule has 0 saturated carbocycles. The van der Waals surface area contributed by atoms with Crippen LogP contribution in [0.3, 0.4) is 0 Å². The van der Waals surface area contributed by atoms with E-state index in [2.05, 4.69) is 0 Å². The second-order valence-corrected chi connectivity index (χ2v) is 9.31. The second kappa shape index (κ2) is 11.4. The van der Waals surface area contributed by atoms with Crippen LogP contribution in [0.1, 0.15) is 0 Å². The number of methoxy groups -OCH3 is 1. The molecule has 3 atom stereocenters. The Morgan fingerprint density at radius 3 is 2.10 bits per heavy atom. The molecule has 8 nitrogen and oxygen atoms in total. The van der Waals surface area contributed by atoms with Crippen LogP contribution in [0.4, 0.5) is 0 Å². The first kappa shape index (κ1) is 23.5. The third kappa shape index (κ3) is 8.23. The normalized spacial score (nSPS) is 15.8. The minimum Gasteiger partial charge on any atom is -0.425 e. The van der Waals surface area contributed by atoms with Crippen molar-refractivity contribution in [2.24, 2.45) is 5.41 Å². The van der Waals surface area contributed by atoms with E-state index >= 15 is 0 Å². The van der Waals surface area contributed by atoms with Gasteiger partial charge in [0.15, 0.2) is 5.75 Å². The molecule has 3 unspecified atom stereocenters. The van der Waals surface area contributed by atoms with Gasteiger partial charge in [0.1, 0.15) is 12.4 Å². The van der Waals surface area contributed by atoms with Crippen LogP contribution in [0.2, 0.25) is 0 Å². The molecule has 0 amide bonds. The fourth-order valence-corrected chi connectivity index (χ4v) is 4.10. The van der Waals surface area contributed by atoms with Gasteiger partial charge in [-0.25, -0.2) is 9.09 Å². The average Bonchev–Trinajstić information content (AvgIpc) is 2.71. The van der Waals surface area contributed by atoms with Gasteiger partial charge < -0.3 is 14.4 Å². The average molecular weight is 443 g/mol. The Morgan fingerprint density at radius 1 is 0.966 bits per heavy atom. The van der Waals surface area contributed by atoms with Gasteiger partial charge in [-0.15, -0.1) is 4.52 Å². The molecule has 0 aromatic heterocycles. The molecule has 0 spiro atoms. The first-order chi connectivity index (χ1) is 13.9. The Bertz CT molecular complexity index is 802. The van der Waals surface area contributed by atoms with E-state index in [4.69, 9.17) is 22.8 Å². The number of benzene rings is 2. The van der Waals surface area contributed by atoms with Crippen molar-refractivity contribution >= 4 is 15.9 Å². The summed E-state index contributed by atoms with van der Waals surface area (Å²) in [6.45, 7) is 0.524. The van der Waals surface area contributed by atoms with Gasteiger partial charge in [-0.05, 0) is 24.3 Å². The molecule has 0 aliphatic carbocycles. The highest BCUT2D eigenvalue weighted by Gasteiger charge is 2.38. The molecule has 0 aliphatic heterocycles. The molecule has 0 fully saturated rings. The van der Waals surface area contributed by atoms with E-state index < -0.39 is 27.9 Å². The van der Waals surface area contributed by atoms with Gasteiger partial charge in [-0.2, -0.15) is 0 Å². The Morgan fingerprint density at radius 2 is 1.55 bits per heavy atom. The summed E-state index contributed by atoms with van der Waals surface area (Å²) in [5.41, 5.74) is -1.11. The van der Waals surface area contributed by atoms with Crippen molar-refractivity contribution in [1.82, 2.24) is 0 Å². The van der Waals surface area contributed by atoms with Crippen LogP contribution in [0.15, 0.2) is 60.7 Å². The summed E-state index contributed by atoms with van der Waals surface area (Å²) in [6, 6.07) is 17.2. The zero-order chi connectivity index (χ0) is 21.2. The SMILES string of the molecule is COCC(CO)(CO[P+](=O)Oc1ccccc1)COP(C)(=O)Oc1ccccc1. The molecule has 158 valence electrons. The van der Waals surface area contributed by atoms with Crippen molar-refractivity contribution in [2.75, 3.05) is 40.2 Å². The van der Waals surface area contributed by atoms with E-state index in [-0.39, 0.29) is 19.8 Å². The molecule has 0 bridgehead atoms. The summed E-state index contributed by atoms with van der Waals surface area (Å²) in [7, 11) is -4.52. The number of ether oxygens (including phenoxy) is 1. The van der Waals surface area contributed by atoms with Crippen LogP contribution in [0.5, 0.6) is 11.5 Å². The van der Waals surface area contributed by atoms with Crippen molar-refractivity contribution in [1.29, 1.82) is 0 Å². The van der Waals surface area contributed by atoms with Crippen molar-refractivity contribution < 1.29 is 37.1 Å². The number of aliphatic hydroxyl groups is 1. The van der Waals surface area contributed by atoms with Crippen molar-refractivity contribution in [2.45, 2.75) is 0 Å². The van der Waals surface area contributed by atoms with Crippen molar-refractivity contribution in [3.63, 3.8) is 0 Å². The third-order valence-corrected chi connectivity index (χ3v) is 5.65. The number of hydrogen-bond acceptors (Lipinski definition) is 8. The number of rotatable bonds is 13. The largest absolute Gasteiger partial charge is 0.750 e. The third-order valence-electron chi connectivity index (χ3n) is 3.80. The van der Waals surface area contributed by atoms with Crippen molar-refractivity contribution in [3.8, 4) is 11.5 Å². The lowest BCUT2D eigenvalue weighted by Gasteiger charge is -2.29. The number of hydrogen-bond donors (Lipinski definition) is 1. The lowest BCUT2D eigenvalue weighted by Crippen LogP contribution is -2.39. The van der Waals surface area contributed by atoms with Gasteiger partial charge in [0.2, 0.25) is 0 Å². The summed E-state index contributed by atoms with van der Waals surface area (Å²) >= 11 is 0. The number of aliphatic hydroxyl groups excluding tert-OH is 1. The van der Waals surface area contributed by atoms with Gasteiger partial charge in [-0.3, -0.25) is 4.52 Å². The molecular weight excluding hydrogens is 418 g/mol. The van der Waals surface area contributed by atoms with Crippen LogP contribution in [0, 0.1) is 5.41 Å². The fraction of sp³-hybridized carbons (Fsp3) is 0.368. The zero-order valence-electron chi connectivity index (χ0n) is 16.3. The van der Waals surface area contributed by atoms with E-state index in [9.17, 15) is 14.2 Å². The highest BCUT2D eigenvalue weighted by atomic mass is 31.2. The smallest absolute Gasteiger partial charge is 0.425 e. The maximum absolute atomic E-state index is 12.6. The first-order valence-corrected chi connectivity index (χ1v) is 11.9. The molecule has 2 aromatic carbocycles. The maximum Gasteiger partial charge on any atom is 0.750 e. The summed E-state index contributed by atoms with van der Waals surface area (Å²) in [4.78, 5) is 0. The first-order valence-electron chi connectivity index (χ1n) is 8.78. The van der Waals surface area contributed by atoms with Gasteiger partial charge >= 0.3 is 15.9 Å². The topological polar surface area (TPSA) is 101 Å². The second-order valence-electron chi connectivity index (χ2n) is 6.44. The molecular formula is C19H25O8P2+. The van der Waals surface area contributed by atoms with Gasteiger partial charge in [0, 0.05) is 18.3 Å². The molecule has 29 heavy (non-hydrogen) atoms. The van der Waals surface area contributed by atoms with E-state index in [1.807, 2.05) is 0 Å². The Labute approximate surface area is 171 Å². The molecule has 0 saturated heterocycles. The highest BCUT2D eigenvalue weighted by Crippen LogP contribution is 2.46. The predicted octanol–water partition coefficient (Wildman–Crippen LogP) is 4.28. The molecule has 0 radical (unpaired) electrons. The maximum atomic E-state index is 12.6. The predicted molar refractivity (Wildman–Crippen MR) is 109 cm³/mol. The Kier molecular flexibility index (Phi) is 9.24. The Hall–Kier alpha value is -1.79. The van der Waals surface area contributed by atoms with Crippen molar-refractivity contribution in [3.05, 3.63) is 60.7 Å².